The van der Waals surface area contributed by atoms with Gasteiger partial charge >= 0.3 is 5.97 Å². The Morgan fingerprint density at radius 1 is 1.00 bits per heavy atom. The number of ether oxygens (including phenoxy) is 1. The summed E-state index contributed by atoms with van der Waals surface area (Å²) in [7, 11) is 0. The van der Waals surface area contributed by atoms with Gasteiger partial charge in [-0.15, -0.1) is 10.2 Å². The highest BCUT2D eigenvalue weighted by Gasteiger charge is 2.23. The van der Waals surface area contributed by atoms with Crippen molar-refractivity contribution in [3.63, 3.8) is 0 Å². The summed E-state index contributed by atoms with van der Waals surface area (Å²) in [6, 6.07) is 15.5. The third-order valence-electron chi connectivity index (χ3n) is 4.91. The number of benzene rings is 2. The lowest BCUT2D eigenvalue weighted by Crippen LogP contribution is -2.13. The highest BCUT2D eigenvalue weighted by molar-refractivity contribution is 5.98. The lowest BCUT2D eigenvalue weighted by Gasteiger charge is -2.14. The number of fused-ring (bicyclic) bond motifs is 1. The van der Waals surface area contributed by atoms with E-state index in [-0.39, 0.29) is 5.89 Å². The maximum Gasteiger partial charge on any atom is 0.341 e. The van der Waals surface area contributed by atoms with Crippen molar-refractivity contribution in [2.45, 2.75) is 33.8 Å². The minimum Gasteiger partial charge on any atom is -0.449 e. The Labute approximate surface area is 168 Å². The predicted octanol–water partition coefficient (Wildman–Crippen LogP) is 5.13. The van der Waals surface area contributed by atoms with Crippen LogP contribution in [0.5, 0.6) is 0 Å². The van der Waals surface area contributed by atoms with E-state index in [1.807, 2.05) is 69.3 Å². The van der Waals surface area contributed by atoms with Crippen LogP contribution in [0.1, 0.15) is 46.1 Å². The van der Waals surface area contributed by atoms with E-state index in [9.17, 15) is 4.79 Å². The van der Waals surface area contributed by atoms with Crippen LogP contribution in [0.25, 0.3) is 22.4 Å². The molecule has 0 amide bonds. The van der Waals surface area contributed by atoms with Crippen molar-refractivity contribution in [3.8, 4) is 11.5 Å². The Balaban J connectivity index is 1.58. The third-order valence-corrected chi connectivity index (χ3v) is 4.91. The molecule has 1 atom stereocenters. The molecule has 146 valence electrons. The van der Waals surface area contributed by atoms with Crippen molar-refractivity contribution >= 4 is 16.9 Å². The molecular formula is C23H21N3O3. The average molecular weight is 387 g/mol. The highest BCUT2D eigenvalue weighted by atomic mass is 16.6. The van der Waals surface area contributed by atoms with E-state index < -0.39 is 12.1 Å². The topological polar surface area (TPSA) is 78.1 Å². The number of hydrogen-bond donors (Lipinski definition) is 0. The van der Waals surface area contributed by atoms with Gasteiger partial charge in [0.25, 0.3) is 5.89 Å². The standard InChI is InChI=1S/C23H21N3O3/c1-13-9-11-17(12-10-13)22-26-25-21(29-22)16(4)28-23(27)20-14(2)18-7-5-6-8-19(18)24-15(20)3/h5-12,16H,1-4H3. The molecule has 29 heavy (non-hydrogen) atoms. The van der Waals surface area contributed by atoms with Gasteiger partial charge in [0.15, 0.2) is 6.10 Å². The number of pyridine rings is 1. The van der Waals surface area contributed by atoms with Gasteiger partial charge in [0.05, 0.1) is 16.8 Å². The van der Waals surface area contributed by atoms with Crippen LogP contribution in [0.2, 0.25) is 0 Å². The second kappa shape index (κ2) is 7.47. The van der Waals surface area contributed by atoms with E-state index in [4.69, 9.17) is 9.15 Å². The molecule has 6 nitrogen and oxygen atoms in total. The number of esters is 1. The highest BCUT2D eigenvalue weighted by Crippen LogP contribution is 2.27. The molecule has 0 fully saturated rings. The fraction of sp³-hybridized carbons (Fsp3) is 0.217. The molecule has 4 rings (SSSR count). The molecule has 2 aromatic heterocycles. The number of aryl methyl sites for hydroxylation is 3. The normalized spacial score (nSPS) is 12.1. The van der Waals surface area contributed by atoms with Crippen LogP contribution in [0.4, 0.5) is 0 Å². The maximum absolute atomic E-state index is 12.9. The molecule has 4 aromatic rings. The SMILES string of the molecule is Cc1ccc(-c2nnc(C(C)OC(=O)c3c(C)nc4ccccc4c3C)o2)cc1. The fourth-order valence-corrected chi connectivity index (χ4v) is 3.31. The Hall–Kier alpha value is -3.54. The van der Waals surface area contributed by atoms with Crippen LogP contribution in [0.3, 0.4) is 0 Å². The molecule has 0 aliphatic rings. The molecule has 2 heterocycles. The lowest BCUT2D eigenvalue weighted by molar-refractivity contribution is 0.0278. The first kappa shape index (κ1) is 18.8. The molecule has 1 unspecified atom stereocenters. The summed E-state index contributed by atoms with van der Waals surface area (Å²) in [5, 5.41) is 9.05. The van der Waals surface area contributed by atoms with E-state index in [1.165, 1.54) is 0 Å². The van der Waals surface area contributed by atoms with E-state index in [1.54, 1.807) is 6.92 Å². The quantitative estimate of drug-likeness (QED) is 0.452. The molecule has 6 heteroatoms. The predicted molar refractivity (Wildman–Crippen MR) is 110 cm³/mol. The zero-order valence-corrected chi connectivity index (χ0v) is 16.8. The molecule has 0 aliphatic heterocycles. The fourth-order valence-electron chi connectivity index (χ4n) is 3.31. The molecule has 0 N–H and O–H groups in total. The van der Waals surface area contributed by atoms with E-state index in [0.717, 1.165) is 27.6 Å². The molecule has 0 spiro atoms. The molecule has 2 aromatic carbocycles. The molecule has 0 aliphatic carbocycles. The zero-order valence-electron chi connectivity index (χ0n) is 16.8. The Morgan fingerprint density at radius 2 is 1.72 bits per heavy atom. The van der Waals surface area contributed by atoms with Crippen LogP contribution in [0, 0.1) is 20.8 Å². The summed E-state index contributed by atoms with van der Waals surface area (Å²) in [5.74, 6) is 0.182. The van der Waals surface area contributed by atoms with Crippen LogP contribution < -0.4 is 0 Å². The van der Waals surface area contributed by atoms with Crippen molar-refractivity contribution in [1.82, 2.24) is 15.2 Å². The number of para-hydroxylation sites is 1. The second-order valence-electron chi connectivity index (χ2n) is 7.07. The number of hydrogen-bond acceptors (Lipinski definition) is 6. The zero-order chi connectivity index (χ0) is 20.5. The molecule has 0 saturated carbocycles. The minimum absolute atomic E-state index is 0.248. The third kappa shape index (κ3) is 3.61. The number of nitrogens with zero attached hydrogens (tertiary/aromatic N) is 3. The van der Waals surface area contributed by atoms with Crippen LogP contribution in [0.15, 0.2) is 52.9 Å². The summed E-state index contributed by atoms with van der Waals surface area (Å²) in [6.07, 6.45) is -0.681. The summed E-state index contributed by atoms with van der Waals surface area (Å²) >= 11 is 0. The van der Waals surface area contributed by atoms with Gasteiger partial charge in [-0.1, -0.05) is 35.9 Å². The number of carbonyl (C=O) groups is 1. The van der Waals surface area contributed by atoms with Crippen molar-refractivity contribution < 1.29 is 13.9 Å². The van der Waals surface area contributed by atoms with Gasteiger partial charge in [0.1, 0.15) is 0 Å². The average Bonchev–Trinajstić information content (AvgIpc) is 3.19. The Kier molecular flexibility index (Phi) is 4.84. The Bertz CT molecular complexity index is 1200. The lowest BCUT2D eigenvalue weighted by atomic mass is 10.0. The maximum atomic E-state index is 12.9. The number of rotatable bonds is 4. The molecular weight excluding hydrogens is 366 g/mol. The first-order valence-corrected chi connectivity index (χ1v) is 9.41. The molecule has 0 radical (unpaired) electrons. The van der Waals surface area contributed by atoms with Crippen molar-refractivity contribution in [1.29, 1.82) is 0 Å². The Morgan fingerprint density at radius 3 is 2.48 bits per heavy atom. The van der Waals surface area contributed by atoms with E-state index >= 15 is 0 Å². The molecule has 0 saturated heterocycles. The van der Waals surface area contributed by atoms with E-state index in [0.29, 0.717) is 17.1 Å². The summed E-state index contributed by atoms with van der Waals surface area (Å²) in [5.41, 5.74) is 4.75. The second-order valence-corrected chi connectivity index (χ2v) is 7.07. The van der Waals surface area contributed by atoms with Gasteiger partial charge in [-0.05, 0) is 51.5 Å². The van der Waals surface area contributed by atoms with Crippen molar-refractivity contribution in [2.75, 3.05) is 0 Å². The largest absolute Gasteiger partial charge is 0.449 e. The summed E-state index contributed by atoms with van der Waals surface area (Å²) in [4.78, 5) is 17.4. The smallest absolute Gasteiger partial charge is 0.341 e. The van der Waals surface area contributed by atoms with Gasteiger partial charge in [-0.2, -0.15) is 0 Å². The number of carbonyl (C=O) groups excluding carboxylic acids is 1. The number of aromatic nitrogens is 3. The monoisotopic (exact) mass is 387 g/mol. The summed E-state index contributed by atoms with van der Waals surface area (Å²) < 4.78 is 11.3. The minimum atomic E-state index is -0.681. The van der Waals surface area contributed by atoms with Crippen molar-refractivity contribution in [2.24, 2.45) is 0 Å². The van der Waals surface area contributed by atoms with E-state index in [2.05, 4.69) is 15.2 Å². The van der Waals surface area contributed by atoms with Crippen LogP contribution >= 0.6 is 0 Å². The van der Waals surface area contributed by atoms with Gasteiger partial charge in [-0.25, -0.2) is 4.79 Å². The van der Waals surface area contributed by atoms with Gasteiger partial charge < -0.3 is 9.15 Å². The van der Waals surface area contributed by atoms with Gasteiger partial charge in [0, 0.05) is 10.9 Å². The van der Waals surface area contributed by atoms with Gasteiger partial charge in [-0.3, -0.25) is 4.98 Å². The first-order valence-electron chi connectivity index (χ1n) is 9.41. The molecule has 0 bridgehead atoms. The van der Waals surface area contributed by atoms with Gasteiger partial charge in [0.2, 0.25) is 5.89 Å². The van der Waals surface area contributed by atoms with Crippen molar-refractivity contribution in [3.05, 3.63) is 76.8 Å². The summed E-state index contributed by atoms with van der Waals surface area (Å²) in [6.45, 7) is 7.43. The van der Waals surface area contributed by atoms with Crippen LogP contribution in [-0.2, 0) is 4.74 Å². The first-order chi connectivity index (χ1) is 13.9. The van der Waals surface area contributed by atoms with Crippen LogP contribution in [-0.4, -0.2) is 21.2 Å².